The van der Waals surface area contributed by atoms with Gasteiger partial charge < -0.3 is 9.64 Å². The van der Waals surface area contributed by atoms with Gasteiger partial charge in [0.05, 0.1) is 13.0 Å². The number of amides is 1. The molecule has 1 amide bonds. The van der Waals surface area contributed by atoms with Gasteiger partial charge in [-0.1, -0.05) is 30.3 Å². The lowest BCUT2D eigenvalue weighted by molar-refractivity contribution is -0.130. The molecular formula is C17H24N2O2. The second kappa shape index (κ2) is 6.16. The molecule has 2 fully saturated rings. The van der Waals surface area contributed by atoms with E-state index in [0.29, 0.717) is 6.42 Å². The molecule has 1 aromatic rings. The van der Waals surface area contributed by atoms with E-state index in [0.717, 1.165) is 44.8 Å². The van der Waals surface area contributed by atoms with Crippen LogP contribution in [0.5, 0.6) is 0 Å². The Hall–Kier alpha value is -1.39. The average Bonchev–Trinajstić information content (AvgIpc) is 2.95. The number of hydrogen-bond donors (Lipinski definition) is 0. The van der Waals surface area contributed by atoms with Crippen molar-refractivity contribution in [3.8, 4) is 0 Å². The van der Waals surface area contributed by atoms with Crippen molar-refractivity contribution < 1.29 is 9.53 Å². The molecule has 1 unspecified atom stereocenters. The van der Waals surface area contributed by atoms with Gasteiger partial charge in [-0.2, -0.15) is 0 Å². The molecule has 4 nitrogen and oxygen atoms in total. The number of ether oxygens (including phenoxy) is 1. The molecule has 2 aliphatic heterocycles. The molecule has 0 N–H and O–H groups in total. The first-order valence-corrected chi connectivity index (χ1v) is 7.79. The molecule has 114 valence electrons. The monoisotopic (exact) mass is 288 g/mol. The Labute approximate surface area is 126 Å². The average molecular weight is 288 g/mol. The van der Waals surface area contributed by atoms with Crippen LogP contribution in [0, 0.1) is 0 Å². The fraction of sp³-hybridized carbons (Fsp3) is 0.588. The second-order valence-corrected chi connectivity index (χ2v) is 6.18. The van der Waals surface area contributed by atoms with Gasteiger partial charge in [-0.05, 0) is 18.4 Å². The van der Waals surface area contributed by atoms with E-state index >= 15 is 0 Å². The summed E-state index contributed by atoms with van der Waals surface area (Å²) in [5.41, 5.74) is 1.35. The molecule has 0 aliphatic carbocycles. The predicted molar refractivity (Wildman–Crippen MR) is 82.1 cm³/mol. The molecule has 0 aromatic heterocycles. The highest BCUT2D eigenvalue weighted by Crippen LogP contribution is 2.38. The summed E-state index contributed by atoms with van der Waals surface area (Å²) in [6.45, 7) is 4.69. The van der Waals surface area contributed by atoms with Crippen LogP contribution < -0.4 is 0 Å². The highest BCUT2D eigenvalue weighted by molar-refractivity contribution is 5.79. The number of carbonyl (C=O) groups excluding carboxylic acids is 1. The standard InChI is InChI=1S/C17H24N2O2/c1-21-12-11-19-10-8-17(19)7-9-18(14-17)16(20)13-15-5-3-2-4-6-15/h2-6H,7-14H2,1H3. The Morgan fingerprint density at radius 3 is 2.67 bits per heavy atom. The molecule has 21 heavy (non-hydrogen) atoms. The van der Waals surface area contributed by atoms with Crippen LogP contribution in [0.15, 0.2) is 30.3 Å². The molecule has 0 radical (unpaired) electrons. The highest BCUT2D eigenvalue weighted by atomic mass is 16.5. The molecule has 1 atom stereocenters. The van der Waals surface area contributed by atoms with Crippen molar-refractivity contribution >= 4 is 5.91 Å². The lowest BCUT2D eigenvalue weighted by Gasteiger charge is -2.50. The number of benzene rings is 1. The molecule has 3 rings (SSSR count). The zero-order valence-corrected chi connectivity index (χ0v) is 12.8. The van der Waals surface area contributed by atoms with Crippen LogP contribution in [0.4, 0.5) is 0 Å². The molecular weight excluding hydrogens is 264 g/mol. The maximum absolute atomic E-state index is 12.4. The summed E-state index contributed by atoms with van der Waals surface area (Å²) in [7, 11) is 1.75. The SMILES string of the molecule is COCCN1CCC12CCN(C(=O)Cc1ccccc1)C2. The number of hydrogen-bond acceptors (Lipinski definition) is 3. The van der Waals surface area contributed by atoms with Crippen molar-refractivity contribution in [2.45, 2.75) is 24.8 Å². The fourth-order valence-electron chi connectivity index (χ4n) is 3.55. The Morgan fingerprint density at radius 2 is 2.00 bits per heavy atom. The molecule has 1 spiro atoms. The maximum atomic E-state index is 12.4. The van der Waals surface area contributed by atoms with E-state index in [4.69, 9.17) is 4.74 Å². The van der Waals surface area contributed by atoms with E-state index in [1.807, 2.05) is 35.2 Å². The van der Waals surface area contributed by atoms with Gasteiger partial charge in [0.25, 0.3) is 0 Å². The molecule has 1 aromatic carbocycles. The summed E-state index contributed by atoms with van der Waals surface area (Å²) in [5, 5.41) is 0. The Kier molecular flexibility index (Phi) is 4.27. The number of rotatable bonds is 5. The summed E-state index contributed by atoms with van der Waals surface area (Å²) in [5.74, 6) is 0.261. The number of carbonyl (C=O) groups is 1. The van der Waals surface area contributed by atoms with Gasteiger partial charge in [0.1, 0.15) is 0 Å². The van der Waals surface area contributed by atoms with E-state index in [1.165, 1.54) is 6.42 Å². The summed E-state index contributed by atoms with van der Waals surface area (Å²) >= 11 is 0. The van der Waals surface area contributed by atoms with Gasteiger partial charge in [0, 0.05) is 38.8 Å². The zero-order valence-electron chi connectivity index (χ0n) is 12.8. The van der Waals surface area contributed by atoms with Crippen LogP contribution in [0.1, 0.15) is 18.4 Å². The molecule has 0 bridgehead atoms. The summed E-state index contributed by atoms with van der Waals surface area (Å²) in [4.78, 5) is 17.0. The van der Waals surface area contributed by atoms with Gasteiger partial charge >= 0.3 is 0 Å². The topological polar surface area (TPSA) is 32.8 Å². The molecule has 0 saturated carbocycles. The van der Waals surface area contributed by atoms with Crippen LogP contribution in [-0.2, 0) is 16.0 Å². The lowest BCUT2D eigenvalue weighted by Crippen LogP contribution is -2.62. The smallest absolute Gasteiger partial charge is 0.227 e. The van der Waals surface area contributed by atoms with Crippen LogP contribution >= 0.6 is 0 Å². The van der Waals surface area contributed by atoms with Crippen LogP contribution in [-0.4, -0.2) is 61.1 Å². The van der Waals surface area contributed by atoms with Crippen LogP contribution in [0.3, 0.4) is 0 Å². The minimum atomic E-state index is 0.241. The molecule has 2 aliphatic rings. The van der Waals surface area contributed by atoms with Gasteiger partial charge in [-0.25, -0.2) is 0 Å². The van der Waals surface area contributed by atoms with E-state index in [1.54, 1.807) is 7.11 Å². The van der Waals surface area contributed by atoms with Crippen molar-refractivity contribution in [1.29, 1.82) is 0 Å². The first kappa shape index (κ1) is 14.5. The van der Waals surface area contributed by atoms with Gasteiger partial charge in [0.15, 0.2) is 0 Å². The van der Waals surface area contributed by atoms with Gasteiger partial charge in [-0.15, -0.1) is 0 Å². The van der Waals surface area contributed by atoms with E-state index in [-0.39, 0.29) is 11.4 Å². The van der Waals surface area contributed by atoms with Crippen LogP contribution in [0.2, 0.25) is 0 Å². The minimum Gasteiger partial charge on any atom is -0.383 e. The van der Waals surface area contributed by atoms with Crippen molar-refractivity contribution in [2.24, 2.45) is 0 Å². The van der Waals surface area contributed by atoms with E-state index in [2.05, 4.69) is 4.90 Å². The zero-order chi connectivity index (χ0) is 14.7. The molecule has 2 heterocycles. The minimum absolute atomic E-state index is 0.241. The first-order chi connectivity index (χ1) is 10.2. The second-order valence-electron chi connectivity index (χ2n) is 6.18. The first-order valence-electron chi connectivity index (χ1n) is 7.79. The quantitative estimate of drug-likeness (QED) is 0.824. The summed E-state index contributed by atoms with van der Waals surface area (Å²) < 4.78 is 5.18. The summed E-state index contributed by atoms with van der Waals surface area (Å²) in [6, 6.07) is 10.0. The molecule has 4 heteroatoms. The third-order valence-electron chi connectivity index (χ3n) is 4.97. The van der Waals surface area contributed by atoms with E-state index < -0.39 is 0 Å². The van der Waals surface area contributed by atoms with Crippen LogP contribution in [0.25, 0.3) is 0 Å². The fourth-order valence-corrected chi connectivity index (χ4v) is 3.55. The molecule has 2 saturated heterocycles. The predicted octanol–water partition coefficient (Wildman–Crippen LogP) is 1.55. The third-order valence-corrected chi connectivity index (χ3v) is 4.97. The maximum Gasteiger partial charge on any atom is 0.227 e. The third kappa shape index (κ3) is 2.97. The van der Waals surface area contributed by atoms with Crippen molar-refractivity contribution in [3.05, 3.63) is 35.9 Å². The normalized spacial score (nSPS) is 25.3. The van der Waals surface area contributed by atoms with Gasteiger partial charge in [-0.3, -0.25) is 9.69 Å². The Morgan fingerprint density at radius 1 is 1.24 bits per heavy atom. The number of likely N-dealkylation sites (tertiary alicyclic amines) is 2. The van der Waals surface area contributed by atoms with Crippen molar-refractivity contribution in [3.63, 3.8) is 0 Å². The largest absolute Gasteiger partial charge is 0.383 e. The number of nitrogens with zero attached hydrogens (tertiary/aromatic N) is 2. The van der Waals surface area contributed by atoms with Crippen molar-refractivity contribution in [2.75, 3.05) is 39.9 Å². The number of methoxy groups -OCH3 is 1. The lowest BCUT2D eigenvalue weighted by atomic mass is 9.84. The Balaban J connectivity index is 1.56. The summed E-state index contributed by atoms with van der Waals surface area (Å²) in [6.07, 6.45) is 2.85. The van der Waals surface area contributed by atoms with E-state index in [9.17, 15) is 4.79 Å². The van der Waals surface area contributed by atoms with Gasteiger partial charge in [0.2, 0.25) is 5.91 Å². The van der Waals surface area contributed by atoms with Crippen molar-refractivity contribution in [1.82, 2.24) is 9.80 Å². The highest BCUT2D eigenvalue weighted by Gasteiger charge is 2.49. The Bertz CT molecular complexity index is 491.